The number of hydrogen-bond donors (Lipinski definition) is 5. The van der Waals surface area contributed by atoms with Crippen LogP contribution in [0, 0.1) is 0 Å². The van der Waals surface area contributed by atoms with Gasteiger partial charge in [-0.2, -0.15) is 26.3 Å². The highest BCUT2D eigenvalue weighted by molar-refractivity contribution is 8.25. The van der Waals surface area contributed by atoms with Crippen molar-refractivity contribution < 1.29 is 45.3 Å². The van der Waals surface area contributed by atoms with Crippen molar-refractivity contribution in [3.8, 4) is 0 Å². The van der Waals surface area contributed by atoms with E-state index in [-0.39, 0.29) is 41.8 Å². The fourth-order valence-corrected chi connectivity index (χ4v) is 8.22. The Bertz CT molecular complexity index is 1550. The van der Waals surface area contributed by atoms with E-state index in [9.17, 15) is 45.3 Å². The number of carbonyl (C=O) groups is 1. The predicted octanol–water partition coefficient (Wildman–Crippen LogP) is 8.14. The second-order valence-electron chi connectivity index (χ2n) is 12.8. The van der Waals surface area contributed by atoms with Crippen LogP contribution in [-0.2, 0) is 25.3 Å². The van der Waals surface area contributed by atoms with E-state index in [2.05, 4.69) is 10.6 Å². The zero-order valence-electron chi connectivity index (χ0n) is 26.7. The summed E-state index contributed by atoms with van der Waals surface area (Å²) in [6.07, 6.45) is -5.66. The van der Waals surface area contributed by atoms with E-state index in [0.717, 1.165) is 43.2 Å². The first-order valence-electron chi connectivity index (χ1n) is 16.3. The molecule has 0 aromatic heterocycles. The SMILES string of the molecule is O=C(NC(Cc1ccccc1)C(O)CNCc1cc(C(F)(F)F)cc(C(F)(F)F)c1)c1cc(C2CCCC2)cc(N2CCCCS2(O)O)c1. The Morgan fingerprint density at radius 3 is 2.12 bits per heavy atom. The number of nitrogens with one attached hydrogen (secondary N) is 2. The summed E-state index contributed by atoms with van der Waals surface area (Å²) in [6, 6.07) is 14.7. The van der Waals surface area contributed by atoms with Gasteiger partial charge in [0.1, 0.15) is 0 Å². The van der Waals surface area contributed by atoms with Gasteiger partial charge in [0, 0.05) is 25.2 Å². The molecule has 3 aromatic carbocycles. The Balaban J connectivity index is 1.37. The van der Waals surface area contributed by atoms with E-state index >= 15 is 0 Å². The van der Waals surface area contributed by atoms with Crippen LogP contribution in [0.3, 0.4) is 0 Å². The van der Waals surface area contributed by atoms with Crippen LogP contribution in [0.25, 0.3) is 0 Å². The van der Waals surface area contributed by atoms with Crippen LogP contribution in [0.2, 0.25) is 0 Å². The Labute approximate surface area is 283 Å². The number of hydrogen-bond acceptors (Lipinski definition) is 6. The lowest BCUT2D eigenvalue weighted by Gasteiger charge is -2.47. The molecule has 0 bridgehead atoms. The molecule has 0 radical (unpaired) electrons. The van der Waals surface area contributed by atoms with Crippen LogP contribution in [0.15, 0.2) is 66.7 Å². The average Bonchev–Trinajstić information content (AvgIpc) is 3.59. The minimum absolute atomic E-state index is 0.0601. The summed E-state index contributed by atoms with van der Waals surface area (Å²) in [5.41, 5.74) is -0.614. The maximum Gasteiger partial charge on any atom is 0.416 e. The Kier molecular flexibility index (Phi) is 11.5. The molecule has 7 nitrogen and oxygen atoms in total. The lowest BCUT2D eigenvalue weighted by molar-refractivity contribution is -0.143. The highest BCUT2D eigenvalue weighted by Gasteiger charge is 2.37. The number of amides is 1. The molecular weight excluding hydrogens is 672 g/mol. The maximum absolute atomic E-state index is 13.9. The van der Waals surface area contributed by atoms with Crippen LogP contribution in [0.4, 0.5) is 32.0 Å². The standard InChI is InChI=1S/C35H41F6N3O4S/c36-34(37,38)28-14-24(15-29(20-28)35(39,40)41)21-42-22-32(45)31(16-23-8-2-1-3-9-23)43-33(46)27-17-26(25-10-4-5-11-25)18-30(19-27)44-12-6-7-13-49(44,47)48/h1-3,8-9,14-15,17-20,25,31-32,42,45,47-48H,4-7,10-13,16,21-22H2,(H,43,46). The zero-order valence-corrected chi connectivity index (χ0v) is 27.6. The van der Waals surface area contributed by atoms with Gasteiger partial charge >= 0.3 is 12.4 Å². The number of rotatable bonds is 11. The Morgan fingerprint density at radius 1 is 0.857 bits per heavy atom. The van der Waals surface area contributed by atoms with Gasteiger partial charge in [0.15, 0.2) is 0 Å². The van der Waals surface area contributed by atoms with Gasteiger partial charge < -0.3 is 15.7 Å². The lowest BCUT2D eigenvalue weighted by atomic mass is 9.94. The molecule has 3 aromatic rings. The first-order valence-corrected chi connectivity index (χ1v) is 18.0. The predicted molar refractivity (Wildman–Crippen MR) is 178 cm³/mol. The van der Waals surface area contributed by atoms with Crippen molar-refractivity contribution in [2.45, 2.75) is 81.9 Å². The van der Waals surface area contributed by atoms with Gasteiger partial charge in [-0.1, -0.05) is 43.2 Å². The van der Waals surface area contributed by atoms with Crippen molar-refractivity contribution in [1.29, 1.82) is 0 Å². The molecule has 1 amide bonds. The van der Waals surface area contributed by atoms with Crippen LogP contribution in [0.5, 0.6) is 0 Å². The molecule has 5 rings (SSSR count). The van der Waals surface area contributed by atoms with Crippen LogP contribution < -0.4 is 14.9 Å². The van der Waals surface area contributed by atoms with Gasteiger partial charge in [-0.15, -0.1) is 10.8 Å². The van der Waals surface area contributed by atoms with Gasteiger partial charge in [-0.3, -0.25) is 18.2 Å². The summed E-state index contributed by atoms with van der Waals surface area (Å²) in [5.74, 6) is -0.0672. The smallest absolute Gasteiger partial charge is 0.390 e. The van der Waals surface area contributed by atoms with E-state index in [0.29, 0.717) is 30.8 Å². The van der Waals surface area contributed by atoms with Crippen molar-refractivity contribution in [2.75, 3.05) is 23.1 Å². The van der Waals surface area contributed by atoms with Gasteiger partial charge in [0.05, 0.1) is 34.7 Å². The molecule has 0 spiro atoms. The maximum atomic E-state index is 13.9. The third-order valence-electron chi connectivity index (χ3n) is 9.11. The summed E-state index contributed by atoms with van der Waals surface area (Å²) in [7, 11) is -3.06. The third-order valence-corrected chi connectivity index (χ3v) is 11.0. The second kappa shape index (κ2) is 15.3. The molecule has 1 heterocycles. The molecule has 1 saturated heterocycles. The molecule has 49 heavy (non-hydrogen) atoms. The molecule has 14 heteroatoms. The number of benzene rings is 3. The van der Waals surface area contributed by atoms with E-state index < -0.39 is 58.9 Å². The summed E-state index contributed by atoms with van der Waals surface area (Å²) in [5, 5.41) is 16.9. The quantitative estimate of drug-likeness (QED) is 0.129. The van der Waals surface area contributed by atoms with E-state index in [4.69, 9.17) is 0 Å². The minimum Gasteiger partial charge on any atom is -0.390 e. The van der Waals surface area contributed by atoms with Crippen LogP contribution >= 0.6 is 10.8 Å². The highest BCUT2D eigenvalue weighted by Crippen LogP contribution is 2.50. The molecule has 5 N–H and O–H groups in total. The third kappa shape index (κ3) is 9.69. The highest BCUT2D eigenvalue weighted by atomic mass is 32.3. The van der Waals surface area contributed by atoms with Crippen molar-refractivity contribution >= 4 is 22.4 Å². The molecular formula is C35H41F6N3O4S. The summed E-state index contributed by atoms with van der Waals surface area (Å²) in [6.45, 7) is -0.225. The largest absolute Gasteiger partial charge is 0.416 e. The monoisotopic (exact) mass is 713 g/mol. The number of carbonyl (C=O) groups excluding carboxylic acids is 1. The number of halogens is 6. The molecule has 2 fully saturated rings. The summed E-state index contributed by atoms with van der Waals surface area (Å²) < 4.78 is 103. The summed E-state index contributed by atoms with van der Waals surface area (Å²) >= 11 is 0. The minimum atomic E-state index is -4.99. The van der Waals surface area contributed by atoms with Gasteiger partial charge in [0.2, 0.25) is 0 Å². The normalized spacial score (nSPS) is 19.0. The van der Waals surface area contributed by atoms with Gasteiger partial charge in [-0.05, 0) is 91.1 Å². The fraction of sp³-hybridized carbons (Fsp3) is 0.457. The van der Waals surface area contributed by atoms with E-state index in [1.54, 1.807) is 46.8 Å². The number of nitrogens with zero attached hydrogens (tertiary/aromatic N) is 1. The molecule has 1 aliphatic heterocycles. The molecule has 2 aliphatic rings. The number of aliphatic hydroxyl groups excluding tert-OH is 1. The molecule has 1 aliphatic carbocycles. The topological polar surface area (TPSA) is 105 Å². The first kappa shape index (κ1) is 37.0. The summed E-state index contributed by atoms with van der Waals surface area (Å²) in [4.78, 5) is 13.9. The van der Waals surface area contributed by atoms with Crippen molar-refractivity contribution in [3.63, 3.8) is 0 Å². The van der Waals surface area contributed by atoms with Gasteiger partial charge in [0.25, 0.3) is 5.91 Å². The van der Waals surface area contributed by atoms with Crippen molar-refractivity contribution in [3.05, 3.63) is 100 Å². The Morgan fingerprint density at radius 2 is 1.51 bits per heavy atom. The second-order valence-corrected chi connectivity index (χ2v) is 14.9. The van der Waals surface area contributed by atoms with E-state index in [1.807, 2.05) is 6.07 Å². The van der Waals surface area contributed by atoms with Crippen molar-refractivity contribution in [1.82, 2.24) is 10.6 Å². The fourth-order valence-electron chi connectivity index (χ4n) is 6.54. The van der Waals surface area contributed by atoms with Gasteiger partial charge in [-0.25, -0.2) is 0 Å². The lowest BCUT2D eigenvalue weighted by Crippen LogP contribution is -2.48. The van der Waals surface area contributed by atoms with E-state index in [1.165, 1.54) is 0 Å². The average molecular weight is 714 g/mol. The number of alkyl halides is 6. The molecule has 2 atom stereocenters. The van der Waals surface area contributed by atoms with Crippen LogP contribution in [0.1, 0.15) is 82.6 Å². The molecule has 2 unspecified atom stereocenters. The zero-order chi connectivity index (χ0) is 35.4. The Hall–Kier alpha value is -3.30. The first-order chi connectivity index (χ1) is 23.1. The number of aliphatic hydroxyl groups is 1. The molecule has 268 valence electrons. The molecule has 1 saturated carbocycles. The van der Waals surface area contributed by atoms with Crippen LogP contribution in [-0.4, -0.2) is 51.1 Å². The number of anilines is 1. The van der Waals surface area contributed by atoms with Crippen molar-refractivity contribution in [2.24, 2.45) is 0 Å².